The van der Waals surface area contributed by atoms with E-state index in [1.807, 2.05) is 11.9 Å². The topological polar surface area (TPSA) is 78.5 Å². The van der Waals surface area contributed by atoms with E-state index in [0.29, 0.717) is 5.92 Å². The first kappa shape index (κ1) is 20.6. The average molecular weight is 374 g/mol. The van der Waals surface area contributed by atoms with E-state index in [1.165, 1.54) is 19.2 Å². The van der Waals surface area contributed by atoms with Crippen LogP contribution >= 0.6 is 12.4 Å². The lowest BCUT2D eigenvalue weighted by Crippen LogP contribution is -2.28. The van der Waals surface area contributed by atoms with Crippen molar-refractivity contribution in [3.05, 3.63) is 35.9 Å². The Balaban J connectivity index is 0.00000288. The molecule has 0 bridgehead atoms. The van der Waals surface area contributed by atoms with Gasteiger partial charge >= 0.3 is 0 Å². The molecule has 0 aromatic heterocycles. The Bertz CT molecular complexity index is 674. The van der Waals surface area contributed by atoms with Gasteiger partial charge in [0.25, 0.3) is 0 Å². The lowest BCUT2D eigenvalue weighted by Gasteiger charge is -2.14. The second-order valence-corrected chi connectivity index (χ2v) is 7.49. The molecule has 1 unspecified atom stereocenters. The van der Waals surface area contributed by atoms with Gasteiger partial charge in [-0.1, -0.05) is 12.1 Å². The quantitative estimate of drug-likeness (QED) is 0.732. The van der Waals surface area contributed by atoms with Crippen molar-refractivity contribution in [1.29, 1.82) is 0 Å². The SMILES string of the molecule is CNCC1CCN(C(=O)/C=C/c2ccc(S(=O)(=O)NC)cc2)C1.Cl. The maximum Gasteiger partial charge on any atom is 0.246 e. The molecule has 0 aliphatic carbocycles. The molecule has 1 aliphatic heterocycles. The number of carbonyl (C=O) groups is 1. The summed E-state index contributed by atoms with van der Waals surface area (Å²) < 4.78 is 25.5. The monoisotopic (exact) mass is 373 g/mol. The number of amides is 1. The molecule has 8 heteroatoms. The van der Waals surface area contributed by atoms with E-state index in [1.54, 1.807) is 24.3 Å². The number of halogens is 1. The molecular formula is C16H24ClN3O3S. The van der Waals surface area contributed by atoms with Crippen molar-refractivity contribution in [3.63, 3.8) is 0 Å². The summed E-state index contributed by atoms with van der Waals surface area (Å²) in [7, 11) is -0.133. The first-order valence-electron chi connectivity index (χ1n) is 7.61. The van der Waals surface area contributed by atoms with E-state index < -0.39 is 10.0 Å². The molecule has 24 heavy (non-hydrogen) atoms. The molecule has 1 amide bonds. The minimum atomic E-state index is -3.43. The van der Waals surface area contributed by atoms with E-state index in [9.17, 15) is 13.2 Å². The Morgan fingerprint density at radius 1 is 1.29 bits per heavy atom. The molecular weight excluding hydrogens is 350 g/mol. The fraction of sp³-hybridized carbons (Fsp3) is 0.438. The highest BCUT2D eigenvalue weighted by atomic mass is 35.5. The molecule has 6 nitrogen and oxygen atoms in total. The second-order valence-electron chi connectivity index (χ2n) is 5.61. The molecule has 1 aliphatic rings. The van der Waals surface area contributed by atoms with E-state index in [2.05, 4.69) is 10.0 Å². The van der Waals surface area contributed by atoms with Gasteiger partial charge in [-0.15, -0.1) is 12.4 Å². The van der Waals surface area contributed by atoms with Gasteiger partial charge < -0.3 is 10.2 Å². The Labute approximate surface area is 149 Å². The number of nitrogens with zero attached hydrogens (tertiary/aromatic N) is 1. The fourth-order valence-corrected chi connectivity index (χ4v) is 3.37. The van der Waals surface area contributed by atoms with Crippen LogP contribution in [0.5, 0.6) is 0 Å². The number of rotatable bonds is 6. The molecule has 1 saturated heterocycles. The second kappa shape index (κ2) is 9.17. The van der Waals surface area contributed by atoms with Crippen LogP contribution in [0.2, 0.25) is 0 Å². The standard InChI is InChI=1S/C16H23N3O3S.ClH/c1-17-11-14-9-10-19(12-14)16(20)8-5-13-3-6-15(7-4-13)23(21,22)18-2;/h3-8,14,17-18H,9-12H2,1-2H3;1H/b8-5+;. The van der Waals surface area contributed by atoms with Gasteiger partial charge in [0, 0.05) is 19.2 Å². The van der Waals surface area contributed by atoms with Crippen molar-refractivity contribution in [1.82, 2.24) is 14.9 Å². The highest BCUT2D eigenvalue weighted by Crippen LogP contribution is 2.16. The van der Waals surface area contributed by atoms with Crippen LogP contribution in [0.25, 0.3) is 6.08 Å². The molecule has 2 rings (SSSR count). The predicted molar refractivity (Wildman–Crippen MR) is 97.6 cm³/mol. The Hall–Kier alpha value is -1.41. The highest BCUT2D eigenvalue weighted by Gasteiger charge is 2.24. The van der Waals surface area contributed by atoms with Gasteiger partial charge in [-0.05, 0) is 56.8 Å². The van der Waals surface area contributed by atoms with Gasteiger partial charge in [0.2, 0.25) is 15.9 Å². The third-order valence-electron chi connectivity index (χ3n) is 3.97. The Morgan fingerprint density at radius 3 is 2.54 bits per heavy atom. The van der Waals surface area contributed by atoms with Crippen molar-refractivity contribution < 1.29 is 13.2 Å². The summed E-state index contributed by atoms with van der Waals surface area (Å²) in [5, 5.41) is 3.14. The summed E-state index contributed by atoms with van der Waals surface area (Å²) in [4.78, 5) is 14.2. The molecule has 1 aromatic carbocycles. The third kappa shape index (κ3) is 5.31. The number of hydrogen-bond donors (Lipinski definition) is 2. The van der Waals surface area contributed by atoms with Gasteiger partial charge in [-0.3, -0.25) is 4.79 Å². The van der Waals surface area contributed by atoms with Crippen LogP contribution < -0.4 is 10.0 Å². The molecule has 1 atom stereocenters. The predicted octanol–water partition coefficient (Wildman–Crippen LogP) is 1.10. The summed E-state index contributed by atoms with van der Waals surface area (Å²) >= 11 is 0. The zero-order valence-corrected chi connectivity index (χ0v) is 15.5. The van der Waals surface area contributed by atoms with Gasteiger partial charge in [0.05, 0.1) is 4.90 Å². The van der Waals surface area contributed by atoms with Crippen molar-refractivity contribution in [2.24, 2.45) is 5.92 Å². The van der Waals surface area contributed by atoms with E-state index in [-0.39, 0.29) is 23.2 Å². The Morgan fingerprint density at radius 2 is 1.96 bits per heavy atom. The molecule has 2 N–H and O–H groups in total. The number of likely N-dealkylation sites (tertiary alicyclic amines) is 1. The third-order valence-corrected chi connectivity index (χ3v) is 5.40. The van der Waals surface area contributed by atoms with E-state index in [0.717, 1.165) is 31.6 Å². The number of benzene rings is 1. The van der Waals surface area contributed by atoms with Crippen molar-refractivity contribution >= 4 is 34.4 Å². The largest absolute Gasteiger partial charge is 0.339 e. The van der Waals surface area contributed by atoms with Crippen LogP contribution in [0.3, 0.4) is 0 Å². The number of carbonyl (C=O) groups excluding carboxylic acids is 1. The summed E-state index contributed by atoms with van der Waals surface area (Å²) in [6.07, 6.45) is 4.28. The highest BCUT2D eigenvalue weighted by molar-refractivity contribution is 7.89. The minimum absolute atomic E-state index is 0. The van der Waals surface area contributed by atoms with Crippen molar-refractivity contribution in [3.8, 4) is 0 Å². The summed E-state index contributed by atoms with van der Waals surface area (Å²) in [5.74, 6) is 0.513. The van der Waals surface area contributed by atoms with Gasteiger partial charge in [-0.2, -0.15) is 0 Å². The first-order chi connectivity index (χ1) is 11.0. The Kier molecular flexibility index (Phi) is 7.89. The summed E-state index contributed by atoms with van der Waals surface area (Å²) in [6, 6.07) is 6.41. The maximum atomic E-state index is 12.2. The zero-order valence-electron chi connectivity index (χ0n) is 13.9. The van der Waals surface area contributed by atoms with Gasteiger partial charge in [-0.25, -0.2) is 13.1 Å². The van der Waals surface area contributed by atoms with E-state index >= 15 is 0 Å². The number of sulfonamides is 1. The van der Waals surface area contributed by atoms with Gasteiger partial charge in [0.1, 0.15) is 0 Å². The minimum Gasteiger partial charge on any atom is -0.339 e. The van der Waals surface area contributed by atoms with Gasteiger partial charge in [0.15, 0.2) is 0 Å². The summed E-state index contributed by atoms with van der Waals surface area (Å²) in [6.45, 7) is 2.49. The first-order valence-corrected chi connectivity index (χ1v) is 9.10. The molecule has 1 heterocycles. The molecule has 1 aromatic rings. The lowest BCUT2D eigenvalue weighted by molar-refractivity contribution is -0.125. The number of nitrogens with one attached hydrogen (secondary N) is 2. The average Bonchev–Trinajstić information content (AvgIpc) is 3.02. The van der Waals surface area contributed by atoms with Crippen LogP contribution in [-0.4, -0.2) is 53.0 Å². The zero-order chi connectivity index (χ0) is 16.9. The van der Waals surface area contributed by atoms with Crippen LogP contribution in [0.1, 0.15) is 12.0 Å². The molecule has 0 spiro atoms. The molecule has 134 valence electrons. The maximum absolute atomic E-state index is 12.2. The van der Waals surface area contributed by atoms with Crippen LogP contribution in [0.4, 0.5) is 0 Å². The lowest BCUT2D eigenvalue weighted by atomic mass is 10.1. The smallest absolute Gasteiger partial charge is 0.246 e. The summed E-state index contributed by atoms with van der Waals surface area (Å²) in [5.41, 5.74) is 0.791. The number of hydrogen-bond acceptors (Lipinski definition) is 4. The van der Waals surface area contributed by atoms with Crippen LogP contribution in [0, 0.1) is 5.92 Å². The molecule has 0 saturated carbocycles. The van der Waals surface area contributed by atoms with Crippen LogP contribution in [0.15, 0.2) is 35.2 Å². The van der Waals surface area contributed by atoms with Crippen molar-refractivity contribution in [2.75, 3.05) is 33.7 Å². The fourth-order valence-electron chi connectivity index (χ4n) is 2.64. The normalized spacial score (nSPS) is 17.9. The van der Waals surface area contributed by atoms with Crippen LogP contribution in [-0.2, 0) is 14.8 Å². The van der Waals surface area contributed by atoms with Crippen molar-refractivity contribution in [2.45, 2.75) is 11.3 Å². The molecule has 0 radical (unpaired) electrons. The molecule has 1 fully saturated rings. The van der Waals surface area contributed by atoms with E-state index in [4.69, 9.17) is 0 Å².